The van der Waals surface area contributed by atoms with Gasteiger partial charge < -0.3 is 14.8 Å². The highest BCUT2D eigenvalue weighted by atomic mass is 16.6. The summed E-state index contributed by atoms with van der Waals surface area (Å²) in [5.74, 6) is -1.22. The summed E-state index contributed by atoms with van der Waals surface area (Å²) in [5, 5.41) is 13.9. The Labute approximate surface area is 169 Å². The van der Waals surface area contributed by atoms with Crippen molar-refractivity contribution in [2.75, 3.05) is 7.11 Å². The lowest BCUT2D eigenvalue weighted by Gasteiger charge is -2.18. The molecule has 0 unspecified atom stereocenters. The maximum absolute atomic E-state index is 12.3. The van der Waals surface area contributed by atoms with Gasteiger partial charge in [-0.1, -0.05) is 30.3 Å². The van der Waals surface area contributed by atoms with E-state index in [0.29, 0.717) is 0 Å². The van der Waals surface area contributed by atoms with Gasteiger partial charge in [0, 0.05) is 12.1 Å². The number of nitro groups is 1. The van der Waals surface area contributed by atoms with Crippen molar-refractivity contribution in [3.8, 4) is 5.75 Å². The summed E-state index contributed by atoms with van der Waals surface area (Å²) in [4.78, 5) is 35.0. The highest BCUT2D eigenvalue weighted by Gasteiger charge is 2.23. The maximum atomic E-state index is 12.3. The lowest BCUT2D eigenvalue weighted by molar-refractivity contribution is -0.385. The molecule has 8 nitrogen and oxygen atoms in total. The molecule has 2 aromatic rings. The SMILES string of the molecule is COc1ccc(C(=O)O[C@H](C)C(=O)N[C@@H](C)CCc2ccccc2)cc1[N+](=O)[O-]. The number of carbonyl (C=O) groups excluding carboxylic acids is 2. The summed E-state index contributed by atoms with van der Waals surface area (Å²) >= 11 is 0. The Hall–Kier alpha value is -3.42. The zero-order valence-electron chi connectivity index (χ0n) is 16.6. The third-order valence-electron chi connectivity index (χ3n) is 4.36. The monoisotopic (exact) mass is 400 g/mol. The van der Waals surface area contributed by atoms with Crippen molar-refractivity contribution in [3.05, 3.63) is 69.8 Å². The van der Waals surface area contributed by atoms with Gasteiger partial charge >= 0.3 is 11.7 Å². The summed E-state index contributed by atoms with van der Waals surface area (Å²) in [6, 6.07) is 13.5. The molecule has 2 atom stereocenters. The van der Waals surface area contributed by atoms with Gasteiger partial charge in [-0.25, -0.2) is 4.79 Å². The highest BCUT2D eigenvalue weighted by molar-refractivity contribution is 5.93. The highest BCUT2D eigenvalue weighted by Crippen LogP contribution is 2.27. The Kier molecular flexibility index (Phi) is 7.70. The summed E-state index contributed by atoms with van der Waals surface area (Å²) in [5.41, 5.74) is 0.789. The number of nitro benzene ring substituents is 1. The normalized spacial score (nSPS) is 12.5. The number of rotatable bonds is 9. The van der Waals surface area contributed by atoms with Gasteiger partial charge in [0.2, 0.25) is 0 Å². The number of ether oxygens (including phenoxy) is 2. The molecule has 0 aromatic heterocycles. The number of amides is 1. The smallest absolute Gasteiger partial charge is 0.339 e. The van der Waals surface area contributed by atoms with Crippen LogP contribution in [-0.4, -0.2) is 36.1 Å². The molecule has 0 radical (unpaired) electrons. The number of methoxy groups -OCH3 is 1. The third kappa shape index (κ3) is 6.31. The quantitative estimate of drug-likeness (QED) is 0.393. The number of hydrogen-bond acceptors (Lipinski definition) is 6. The number of benzene rings is 2. The minimum atomic E-state index is -1.04. The minimum absolute atomic E-state index is 0.0320. The van der Waals surface area contributed by atoms with E-state index in [4.69, 9.17) is 9.47 Å². The molecule has 154 valence electrons. The summed E-state index contributed by atoms with van der Waals surface area (Å²) in [6.45, 7) is 3.33. The topological polar surface area (TPSA) is 108 Å². The fraction of sp³-hybridized carbons (Fsp3) is 0.333. The second-order valence-corrected chi connectivity index (χ2v) is 6.63. The molecule has 0 saturated heterocycles. The Morgan fingerprint density at radius 3 is 2.45 bits per heavy atom. The van der Waals surface area contributed by atoms with E-state index in [0.717, 1.165) is 18.9 Å². The Bertz CT molecular complexity index is 869. The Balaban J connectivity index is 1.90. The standard InChI is InChI=1S/C21H24N2O6/c1-14(9-10-16-7-5-4-6-8-16)22-20(24)15(2)29-21(25)17-11-12-19(28-3)18(13-17)23(26)27/h4-8,11-15H,9-10H2,1-3H3,(H,22,24)/t14-,15+/m0/s1. The molecule has 8 heteroatoms. The van der Waals surface area contributed by atoms with Crippen molar-refractivity contribution in [3.63, 3.8) is 0 Å². The molecule has 0 heterocycles. The Morgan fingerprint density at radius 2 is 1.83 bits per heavy atom. The van der Waals surface area contributed by atoms with Crippen LogP contribution in [0.15, 0.2) is 48.5 Å². The predicted octanol–water partition coefficient (Wildman–Crippen LogP) is 3.29. The molecule has 0 aliphatic rings. The first kappa shape index (κ1) is 21.9. The lowest BCUT2D eigenvalue weighted by Crippen LogP contribution is -2.41. The fourth-order valence-electron chi connectivity index (χ4n) is 2.70. The summed E-state index contributed by atoms with van der Waals surface area (Å²) in [6.07, 6.45) is 0.510. The van der Waals surface area contributed by atoms with Gasteiger partial charge in [0.1, 0.15) is 0 Å². The van der Waals surface area contributed by atoms with Crippen LogP contribution in [0.1, 0.15) is 36.2 Å². The molecule has 0 saturated carbocycles. The van der Waals surface area contributed by atoms with Crippen LogP contribution in [-0.2, 0) is 16.0 Å². The number of aryl methyl sites for hydroxylation is 1. The van der Waals surface area contributed by atoms with Crippen molar-refractivity contribution in [1.82, 2.24) is 5.32 Å². The molecule has 29 heavy (non-hydrogen) atoms. The van der Waals surface area contributed by atoms with E-state index in [1.807, 2.05) is 37.3 Å². The molecular weight excluding hydrogens is 376 g/mol. The van der Waals surface area contributed by atoms with Crippen molar-refractivity contribution in [1.29, 1.82) is 0 Å². The van der Waals surface area contributed by atoms with E-state index in [-0.39, 0.29) is 23.0 Å². The van der Waals surface area contributed by atoms with E-state index in [1.165, 1.54) is 31.7 Å². The van der Waals surface area contributed by atoms with Crippen LogP contribution in [0.5, 0.6) is 5.75 Å². The molecule has 1 amide bonds. The number of nitrogens with zero attached hydrogens (tertiary/aromatic N) is 1. The first-order chi connectivity index (χ1) is 13.8. The van der Waals surface area contributed by atoms with Gasteiger partial charge in [-0.2, -0.15) is 0 Å². The van der Waals surface area contributed by atoms with E-state index in [1.54, 1.807) is 0 Å². The van der Waals surface area contributed by atoms with Gasteiger partial charge in [0.05, 0.1) is 17.6 Å². The molecule has 0 bridgehead atoms. The zero-order valence-corrected chi connectivity index (χ0v) is 16.6. The number of esters is 1. The van der Waals surface area contributed by atoms with Crippen LogP contribution in [0.25, 0.3) is 0 Å². The molecule has 2 rings (SSSR count). The number of nitrogens with one attached hydrogen (secondary N) is 1. The lowest BCUT2D eigenvalue weighted by atomic mass is 10.1. The van der Waals surface area contributed by atoms with Crippen molar-refractivity contribution >= 4 is 17.6 Å². The van der Waals surface area contributed by atoms with Crippen LogP contribution in [0, 0.1) is 10.1 Å². The second kappa shape index (κ2) is 10.2. The van der Waals surface area contributed by atoms with Crippen LogP contribution in [0.4, 0.5) is 5.69 Å². The first-order valence-electron chi connectivity index (χ1n) is 9.19. The van der Waals surface area contributed by atoms with Crippen LogP contribution in [0.2, 0.25) is 0 Å². The van der Waals surface area contributed by atoms with E-state index >= 15 is 0 Å². The number of carbonyl (C=O) groups is 2. The minimum Gasteiger partial charge on any atom is -0.490 e. The van der Waals surface area contributed by atoms with Gasteiger partial charge in [0.25, 0.3) is 5.91 Å². The van der Waals surface area contributed by atoms with Gasteiger partial charge in [-0.05, 0) is 44.4 Å². The molecule has 0 spiro atoms. The van der Waals surface area contributed by atoms with Gasteiger partial charge in [-0.15, -0.1) is 0 Å². The van der Waals surface area contributed by atoms with Crippen molar-refractivity contribution in [2.24, 2.45) is 0 Å². The van der Waals surface area contributed by atoms with Gasteiger partial charge in [0.15, 0.2) is 11.9 Å². The third-order valence-corrected chi connectivity index (χ3v) is 4.36. The van der Waals surface area contributed by atoms with Gasteiger partial charge in [-0.3, -0.25) is 14.9 Å². The molecule has 1 N–H and O–H groups in total. The average molecular weight is 400 g/mol. The molecular formula is C21H24N2O6. The maximum Gasteiger partial charge on any atom is 0.339 e. The summed E-state index contributed by atoms with van der Waals surface area (Å²) < 4.78 is 10.1. The second-order valence-electron chi connectivity index (χ2n) is 6.63. The van der Waals surface area contributed by atoms with Crippen LogP contribution >= 0.6 is 0 Å². The van der Waals surface area contributed by atoms with E-state index in [9.17, 15) is 19.7 Å². The van der Waals surface area contributed by atoms with E-state index in [2.05, 4.69) is 5.32 Å². The van der Waals surface area contributed by atoms with Crippen LogP contribution in [0.3, 0.4) is 0 Å². The first-order valence-corrected chi connectivity index (χ1v) is 9.19. The largest absolute Gasteiger partial charge is 0.490 e. The van der Waals surface area contributed by atoms with Crippen molar-refractivity contribution in [2.45, 2.75) is 38.8 Å². The molecule has 0 aliphatic heterocycles. The van der Waals surface area contributed by atoms with Crippen molar-refractivity contribution < 1.29 is 24.0 Å². The van der Waals surface area contributed by atoms with Crippen LogP contribution < -0.4 is 10.1 Å². The Morgan fingerprint density at radius 1 is 1.14 bits per heavy atom. The average Bonchev–Trinajstić information content (AvgIpc) is 2.72. The van der Waals surface area contributed by atoms with E-state index < -0.39 is 22.9 Å². The zero-order chi connectivity index (χ0) is 21.4. The molecule has 0 aliphatic carbocycles. The molecule has 2 aromatic carbocycles. The summed E-state index contributed by atoms with van der Waals surface area (Å²) in [7, 11) is 1.30. The predicted molar refractivity (Wildman–Crippen MR) is 107 cm³/mol. The fourth-order valence-corrected chi connectivity index (χ4v) is 2.70. The number of hydrogen-bond donors (Lipinski definition) is 1. The molecule has 0 fully saturated rings.